The maximum atomic E-state index is 11.6. The number of rotatable bonds is 3. The molecule has 0 aliphatic carbocycles. The van der Waals surface area contributed by atoms with Gasteiger partial charge in [-0.25, -0.2) is 4.79 Å². The summed E-state index contributed by atoms with van der Waals surface area (Å²) in [7, 11) is 0. The van der Waals surface area contributed by atoms with Crippen molar-refractivity contribution < 1.29 is 14.7 Å². The first-order valence-corrected chi connectivity index (χ1v) is 6.07. The van der Waals surface area contributed by atoms with E-state index in [1.54, 1.807) is 0 Å². The highest BCUT2D eigenvalue weighted by molar-refractivity contribution is 7.99. The standard InChI is InChI=1S/C9H15NO3S/c1-14-6-8(11)10-5-3-2-4-7(10)9(12)13/h7H,2-6H2,1H3,(H,12,13). The number of hydrogen-bond acceptors (Lipinski definition) is 3. The lowest BCUT2D eigenvalue weighted by Crippen LogP contribution is -2.48. The first kappa shape index (κ1) is 11.4. The highest BCUT2D eigenvalue weighted by Crippen LogP contribution is 2.18. The molecule has 4 nitrogen and oxygen atoms in total. The molecule has 1 heterocycles. The van der Waals surface area contributed by atoms with Crippen LogP contribution in [0.1, 0.15) is 19.3 Å². The highest BCUT2D eigenvalue weighted by atomic mass is 32.2. The van der Waals surface area contributed by atoms with Crippen LogP contribution in [0.4, 0.5) is 0 Å². The summed E-state index contributed by atoms with van der Waals surface area (Å²) < 4.78 is 0. The van der Waals surface area contributed by atoms with Gasteiger partial charge in [0.05, 0.1) is 5.75 Å². The van der Waals surface area contributed by atoms with Crippen molar-refractivity contribution in [2.75, 3.05) is 18.6 Å². The van der Waals surface area contributed by atoms with Crippen molar-refractivity contribution in [1.29, 1.82) is 0 Å². The summed E-state index contributed by atoms with van der Waals surface area (Å²) in [5.41, 5.74) is 0. The van der Waals surface area contributed by atoms with E-state index in [1.807, 2.05) is 6.26 Å². The van der Waals surface area contributed by atoms with E-state index in [9.17, 15) is 9.59 Å². The van der Waals surface area contributed by atoms with Gasteiger partial charge in [-0.1, -0.05) is 0 Å². The number of carbonyl (C=O) groups excluding carboxylic acids is 1. The number of hydrogen-bond donors (Lipinski definition) is 1. The number of piperidine rings is 1. The van der Waals surface area contributed by atoms with Crippen molar-refractivity contribution in [1.82, 2.24) is 4.90 Å². The lowest BCUT2D eigenvalue weighted by atomic mass is 10.0. The molecule has 0 spiro atoms. The van der Waals surface area contributed by atoms with Gasteiger partial charge in [-0.05, 0) is 25.5 Å². The number of amides is 1. The average molecular weight is 217 g/mol. The van der Waals surface area contributed by atoms with E-state index in [2.05, 4.69) is 0 Å². The van der Waals surface area contributed by atoms with Crippen LogP contribution in [0.15, 0.2) is 0 Å². The van der Waals surface area contributed by atoms with Crippen molar-refractivity contribution in [3.63, 3.8) is 0 Å². The normalized spacial score (nSPS) is 22.1. The summed E-state index contributed by atoms with van der Waals surface area (Å²) in [5, 5.41) is 8.93. The molecule has 1 saturated heterocycles. The Hall–Kier alpha value is -0.710. The minimum Gasteiger partial charge on any atom is -0.480 e. The maximum Gasteiger partial charge on any atom is 0.326 e. The first-order valence-electron chi connectivity index (χ1n) is 4.68. The van der Waals surface area contributed by atoms with E-state index in [0.717, 1.165) is 12.8 Å². The molecular formula is C9H15NO3S. The zero-order valence-corrected chi connectivity index (χ0v) is 9.05. The largest absolute Gasteiger partial charge is 0.480 e. The van der Waals surface area contributed by atoms with Gasteiger partial charge in [-0.15, -0.1) is 0 Å². The summed E-state index contributed by atoms with van der Waals surface area (Å²) in [6.45, 7) is 0.594. The van der Waals surface area contributed by atoms with Crippen LogP contribution in [0, 0.1) is 0 Å². The third kappa shape index (κ3) is 2.64. The lowest BCUT2D eigenvalue weighted by molar-refractivity contribution is -0.150. The summed E-state index contributed by atoms with van der Waals surface area (Å²) in [6, 6.07) is -0.594. The Labute approximate surface area is 87.7 Å². The Morgan fingerprint density at radius 2 is 2.21 bits per heavy atom. The van der Waals surface area contributed by atoms with Crippen LogP contribution in [0.25, 0.3) is 0 Å². The molecule has 0 aromatic carbocycles. The molecule has 1 amide bonds. The van der Waals surface area contributed by atoms with Crippen LogP contribution in [-0.4, -0.2) is 46.5 Å². The van der Waals surface area contributed by atoms with Gasteiger partial charge in [0.1, 0.15) is 6.04 Å². The second-order valence-corrected chi connectivity index (χ2v) is 4.24. The van der Waals surface area contributed by atoms with Crippen molar-refractivity contribution in [2.24, 2.45) is 0 Å². The van der Waals surface area contributed by atoms with Crippen molar-refractivity contribution in [3.05, 3.63) is 0 Å². The molecular weight excluding hydrogens is 202 g/mol. The van der Waals surface area contributed by atoms with Crippen LogP contribution in [0.5, 0.6) is 0 Å². The van der Waals surface area contributed by atoms with Gasteiger partial charge in [0, 0.05) is 6.54 Å². The topological polar surface area (TPSA) is 57.6 Å². The van der Waals surface area contributed by atoms with Crippen LogP contribution < -0.4 is 0 Å². The van der Waals surface area contributed by atoms with E-state index in [-0.39, 0.29) is 5.91 Å². The van der Waals surface area contributed by atoms with E-state index >= 15 is 0 Å². The van der Waals surface area contributed by atoms with Crippen LogP contribution in [0.2, 0.25) is 0 Å². The molecule has 1 rings (SSSR count). The minimum atomic E-state index is -0.876. The van der Waals surface area contributed by atoms with Gasteiger partial charge in [-0.3, -0.25) is 4.79 Å². The second kappa shape index (κ2) is 5.24. The zero-order chi connectivity index (χ0) is 10.6. The molecule has 1 aliphatic heterocycles. The molecule has 0 saturated carbocycles. The Morgan fingerprint density at radius 3 is 2.79 bits per heavy atom. The van der Waals surface area contributed by atoms with Crippen molar-refractivity contribution in [3.8, 4) is 0 Å². The van der Waals surface area contributed by atoms with E-state index in [1.165, 1.54) is 16.7 Å². The van der Waals surface area contributed by atoms with Crippen LogP contribution in [-0.2, 0) is 9.59 Å². The predicted molar refractivity (Wildman–Crippen MR) is 55.4 cm³/mol. The number of carboxylic acids is 1. The molecule has 5 heteroatoms. The monoisotopic (exact) mass is 217 g/mol. The number of thioether (sulfide) groups is 1. The molecule has 0 bridgehead atoms. The zero-order valence-electron chi connectivity index (χ0n) is 8.23. The maximum absolute atomic E-state index is 11.6. The lowest BCUT2D eigenvalue weighted by Gasteiger charge is -2.32. The van der Waals surface area contributed by atoms with Gasteiger partial charge in [0.25, 0.3) is 0 Å². The number of carboxylic acid groups (broad SMARTS) is 1. The van der Waals surface area contributed by atoms with Gasteiger partial charge >= 0.3 is 5.97 Å². The molecule has 14 heavy (non-hydrogen) atoms. The third-order valence-electron chi connectivity index (χ3n) is 2.38. The number of likely N-dealkylation sites (tertiary alicyclic amines) is 1. The fraction of sp³-hybridized carbons (Fsp3) is 0.778. The molecule has 80 valence electrons. The average Bonchev–Trinajstić information content (AvgIpc) is 2.18. The van der Waals surface area contributed by atoms with E-state index in [0.29, 0.717) is 18.7 Å². The van der Waals surface area contributed by atoms with Crippen molar-refractivity contribution in [2.45, 2.75) is 25.3 Å². The Bertz CT molecular complexity index is 232. The molecule has 1 atom stereocenters. The summed E-state index contributed by atoms with van der Waals surface area (Å²) in [6.07, 6.45) is 4.26. The quantitative estimate of drug-likeness (QED) is 0.760. The highest BCUT2D eigenvalue weighted by Gasteiger charge is 2.31. The van der Waals surface area contributed by atoms with E-state index in [4.69, 9.17) is 5.11 Å². The van der Waals surface area contributed by atoms with Gasteiger partial charge in [0.15, 0.2) is 0 Å². The molecule has 1 N–H and O–H groups in total. The number of carbonyl (C=O) groups is 2. The second-order valence-electron chi connectivity index (χ2n) is 3.37. The van der Waals surface area contributed by atoms with Gasteiger partial charge in [0.2, 0.25) is 5.91 Å². The Balaban J connectivity index is 2.62. The molecule has 1 fully saturated rings. The van der Waals surface area contributed by atoms with Gasteiger partial charge in [-0.2, -0.15) is 11.8 Å². The van der Waals surface area contributed by atoms with Crippen LogP contribution >= 0.6 is 11.8 Å². The fourth-order valence-corrected chi connectivity index (χ4v) is 2.11. The number of nitrogens with zero attached hydrogens (tertiary/aromatic N) is 1. The summed E-state index contributed by atoms with van der Waals surface area (Å²) in [4.78, 5) is 23.9. The molecule has 1 aliphatic rings. The molecule has 0 aromatic heterocycles. The van der Waals surface area contributed by atoms with Gasteiger partial charge < -0.3 is 10.0 Å². The van der Waals surface area contributed by atoms with Crippen molar-refractivity contribution >= 4 is 23.6 Å². The Kier molecular flexibility index (Phi) is 4.25. The summed E-state index contributed by atoms with van der Waals surface area (Å²) in [5.74, 6) is -0.548. The minimum absolute atomic E-state index is 0.0513. The summed E-state index contributed by atoms with van der Waals surface area (Å²) >= 11 is 1.43. The van der Waals surface area contributed by atoms with Crippen LogP contribution in [0.3, 0.4) is 0 Å². The SMILES string of the molecule is CSCC(=O)N1CCCCC1C(=O)O. The first-order chi connectivity index (χ1) is 6.66. The smallest absolute Gasteiger partial charge is 0.326 e. The Morgan fingerprint density at radius 1 is 1.50 bits per heavy atom. The van der Waals surface area contributed by atoms with E-state index < -0.39 is 12.0 Å². The number of aliphatic carboxylic acids is 1. The molecule has 0 radical (unpaired) electrons. The molecule has 0 aromatic rings. The fourth-order valence-electron chi connectivity index (χ4n) is 1.69. The third-order valence-corrected chi connectivity index (χ3v) is 2.91. The predicted octanol–water partition coefficient (Wildman–Crippen LogP) is 0.815. The molecule has 1 unspecified atom stereocenters.